The monoisotopic (exact) mass is 332 g/mol. The third-order valence-corrected chi connectivity index (χ3v) is 6.51. The van der Waals surface area contributed by atoms with Crippen LogP contribution in [0.2, 0.25) is 0 Å². The molecule has 0 fully saturated rings. The molecule has 0 saturated carbocycles. The van der Waals surface area contributed by atoms with Crippen LogP contribution in [0, 0.1) is 6.92 Å². The van der Waals surface area contributed by atoms with Crippen LogP contribution in [-0.4, -0.2) is 29.9 Å². The molecule has 21 heavy (non-hydrogen) atoms. The topological polar surface area (TPSA) is 92.3 Å². The quantitative estimate of drug-likeness (QED) is 0.745. The van der Waals surface area contributed by atoms with Gasteiger partial charge in [0, 0.05) is 13.1 Å². The van der Waals surface area contributed by atoms with E-state index >= 15 is 0 Å². The highest BCUT2D eigenvalue weighted by Gasteiger charge is 2.21. The molecule has 2 N–H and O–H groups in total. The summed E-state index contributed by atoms with van der Waals surface area (Å²) in [4.78, 5) is -0.00246. The predicted molar refractivity (Wildman–Crippen MR) is 80.0 cm³/mol. The number of fused-ring (bicyclic) bond motifs is 2. The van der Waals surface area contributed by atoms with E-state index in [1.807, 2.05) is 0 Å². The lowest BCUT2D eigenvalue weighted by atomic mass is 10.2. The molecule has 0 amide bonds. The Bertz CT molecular complexity index is 712. The van der Waals surface area contributed by atoms with Gasteiger partial charge in [-0.2, -0.15) is 0 Å². The van der Waals surface area contributed by atoms with E-state index in [1.54, 1.807) is 6.92 Å². The number of sulfonamides is 2. The van der Waals surface area contributed by atoms with Crippen LogP contribution in [0.25, 0.3) is 0 Å². The Kier molecular flexibility index (Phi) is 5.03. The van der Waals surface area contributed by atoms with Gasteiger partial charge in [0.05, 0.1) is 9.79 Å². The minimum atomic E-state index is -3.68. The van der Waals surface area contributed by atoms with Crippen molar-refractivity contribution in [2.24, 2.45) is 0 Å². The fraction of sp³-hybridized carbons (Fsp3) is 0.538. The van der Waals surface area contributed by atoms with Crippen molar-refractivity contribution >= 4 is 20.0 Å². The molecule has 1 aromatic rings. The Morgan fingerprint density at radius 3 is 2.05 bits per heavy atom. The summed E-state index contributed by atoms with van der Waals surface area (Å²) in [6.07, 6.45) is 3.21. The van der Waals surface area contributed by atoms with E-state index in [-0.39, 0.29) is 9.79 Å². The number of hydrogen-bond acceptors (Lipinski definition) is 4. The first-order chi connectivity index (χ1) is 9.83. The Morgan fingerprint density at radius 2 is 1.43 bits per heavy atom. The van der Waals surface area contributed by atoms with Crippen molar-refractivity contribution in [1.29, 1.82) is 0 Å². The fourth-order valence-electron chi connectivity index (χ4n) is 2.21. The van der Waals surface area contributed by atoms with Crippen LogP contribution in [0.15, 0.2) is 28.0 Å². The van der Waals surface area contributed by atoms with Gasteiger partial charge in [-0.15, -0.1) is 0 Å². The summed E-state index contributed by atoms with van der Waals surface area (Å²) in [5.74, 6) is 0. The van der Waals surface area contributed by atoms with Crippen LogP contribution in [0.5, 0.6) is 0 Å². The van der Waals surface area contributed by atoms with Gasteiger partial charge < -0.3 is 0 Å². The molecule has 2 rings (SSSR count). The Morgan fingerprint density at radius 1 is 0.857 bits per heavy atom. The number of aryl methyl sites for hydroxylation is 1. The molecule has 118 valence electrons. The number of rotatable bonds is 0. The lowest BCUT2D eigenvalue weighted by molar-refractivity contribution is 0.565. The van der Waals surface area contributed by atoms with Gasteiger partial charge in [-0.3, -0.25) is 0 Å². The van der Waals surface area contributed by atoms with Gasteiger partial charge >= 0.3 is 0 Å². The summed E-state index contributed by atoms with van der Waals surface area (Å²) in [7, 11) is -7.35. The second-order valence-corrected chi connectivity index (χ2v) is 8.64. The zero-order valence-corrected chi connectivity index (χ0v) is 13.6. The third kappa shape index (κ3) is 4.03. The molecule has 0 atom stereocenters. The summed E-state index contributed by atoms with van der Waals surface area (Å²) < 4.78 is 53.9. The van der Waals surface area contributed by atoms with Crippen molar-refractivity contribution in [3.63, 3.8) is 0 Å². The van der Waals surface area contributed by atoms with Crippen molar-refractivity contribution in [3.8, 4) is 0 Å². The van der Waals surface area contributed by atoms with Crippen molar-refractivity contribution in [2.45, 2.75) is 42.4 Å². The minimum Gasteiger partial charge on any atom is -0.211 e. The first-order valence-corrected chi connectivity index (χ1v) is 9.89. The maximum atomic E-state index is 12.3. The van der Waals surface area contributed by atoms with E-state index in [1.165, 1.54) is 18.2 Å². The number of nitrogens with one attached hydrogen (secondary N) is 2. The lowest BCUT2D eigenvalue weighted by Crippen LogP contribution is -2.27. The second-order valence-electron chi connectivity index (χ2n) is 5.14. The van der Waals surface area contributed by atoms with E-state index in [9.17, 15) is 16.8 Å². The van der Waals surface area contributed by atoms with Crippen molar-refractivity contribution < 1.29 is 16.8 Å². The van der Waals surface area contributed by atoms with Crippen LogP contribution in [0.3, 0.4) is 0 Å². The van der Waals surface area contributed by atoms with Crippen molar-refractivity contribution in [3.05, 3.63) is 23.8 Å². The highest BCUT2D eigenvalue weighted by molar-refractivity contribution is 7.90. The molecule has 6 nitrogen and oxygen atoms in total. The number of hydrogen-bond donors (Lipinski definition) is 2. The third-order valence-electron chi connectivity index (χ3n) is 3.45. The van der Waals surface area contributed by atoms with E-state index < -0.39 is 20.0 Å². The SMILES string of the molecule is Cc1ccc2cc1S(=O)(=O)NCCCCCCNS2(=O)=O. The first-order valence-electron chi connectivity index (χ1n) is 6.93. The molecule has 2 bridgehead atoms. The van der Waals surface area contributed by atoms with Crippen LogP contribution in [0.1, 0.15) is 31.2 Å². The molecular formula is C13H20N2O4S2. The van der Waals surface area contributed by atoms with Gasteiger partial charge in [0.2, 0.25) is 20.0 Å². The molecule has 1 aliphatic rings. The predicted octanol–water partition coefficient (Wildman–Crippen LogP) is 1.13. The normalized spacial score (nSPS) is 22.5. The molecule has 1 aromatic carbocycles. The highest BCUT2D eigenvalue weighted by Crippen LogP contribution is 2.20. The molecule has 0 saturated heterocycles. The van der Waals surface area contributed by atoms with Gasteiger partial charge in [0.1, 0.15) is 0 Å². The van der Waals surface area contributed by atoms with Crippen LogP contribution >= 0.6 is 0 Å². The molecular weight excluding hydrogens is 312 g/mol. The second kappa shape index (κ2) is 6.43. The zero-order valence-electron chi connectivity index (χ0n) is 11.9. The van der Waals surface area contributed by atoms with E-state index in [4.69, 9.17) is 0 Å². The van der Waals surface area contributed by atoms with Gasteiger partial charge in [-0.25, -0.2) is 26.3 Å². The van der Waals surface area contributed by atoms with E-state index in [0.717, 1.165) is 25.7 Å². The molecule has 1 aliphatic heterocycles. The van der Waals surface area contributed by atoms with Gasteiger partial charge in [0.15, 0.2) is 0 Å². The smallest absolute Gasteiger partial charge is 0.211 e. The van der Waals surface area contributed by atoms with Crippen LogP contribution < -0.4 is 9.44 Å². The number of benzene rings is 1. The molecule has 0 aromatic heterocycles. The molecule has 1 heterocycles. The molecule has 0 spiro atoms. The standard InChI is InChI=1S/C13H20N2O4S2/c1-11-6-7-12-10-13(11)21(18,19)15-9-5-3-2-4-8-14-20(12,16)17/h6-7,10,14-15H,2-5,8-9H2,1H3. The summed E-state index contributed by atoms with van der Waals surface area (Å²) in [5, 5.41) is 0. The average Bonchev–Trinajstić information content (AvgIpc) is 2.41. The highest BCUT2D eigenvalue weighted by atomic mass is 32.2. The largest absolute Gasteiger partial charge is 0.240 e. The van der Waals surface area contributed by atoms with E-state index in [0.29, 0.717) is 18.7 Å². The summed E-state index contributed by atoms with van der Waals surface area (Å²) in [5.41, 5.74) is 0.524. The van der Waals surface area contributed by atoms with Crippen LogP contribution in [0.4, 0.5) is 0 Å². The summed E-state index contributed by atoms with van der Waals surface area (Å²) >= 11 is 0. The zero-order chi connectivity index (χ0) is 15.5. The van der Waals surface area contributed by atoms with Gasteiger partial charge in [0.25, 0.3) is 0 Å². The Hall–Kier alpha value is -0.960. The summed E-state index contributed by atoms with van der Waals surface area (Å²) in [6.45, 7) is 2.38. The van der Waals surface area contributed by atoms with E-state index in [2.05, 4.69) is 9.44 Å². The maximum Gasteiger partial charge on any atom is 0.240 e. The minimum absolute atomic E-state index is 0.0182. The summed E-state index contributed by atoms with van der Waals surface area (Å²) in [6, 6.07) is 4.16. The molecule has 8 heteroatoms. The lowest BCUT2D eigenvalue weighted by Gasteiger charge is -2.11. The van der Waals surface area contributed by atoms with Crippen LogP contribution in [-0.2, 0) is 20.0 Å². The average molecular weight is 332 g/mol. The fourth-order valence-corrected chi connectivity index (χ4v) is 4.73. The van der Waals surface area contributed by atoms with Crippen molar-refractivity contribution in [1.82, 2.24) is 9.44 Å². The van der Waals surface area contributed by atoms with Crippen molar-refractivity contribution in [2.75, 3.05) is 13.1 Å². The molecule has 0 radical (unpaired) electrons. The maximum absolute atomic E-state index is 12.3. The van der Waals surface area contributed by atoms with Gasteiger partial charge in [-0.05, 0) is 37.5 Å². The molecule has 0 unspecified atom stereocenters. The van der Waals surface area contributed by atoms with Gasteiger partial charge in [-0.1, -0.05) is 18.9 Å². The first kappa shape index (κ1) is 16.4. The molecule has 0 aliphatic carbocycles. The Labute approximate surface area is 126 Å². The Balaban J connectivity index is 2.49.